The summed E-state index contributed by atoms with van der Waals surface area (Å²) in [5.74, 6) is 0. The molecule has 0 radical (unpaired) electrons. The molecule has 2 aromatic heterocycles. The van der Waals surface area contributed by atoms with Crippen LogP contribution in [0, 0.1) is 27.7 Å². The first kappa shape index (κ1) is 14.9. The summed E-state index contributed by atoms with van der Waals surface area (Å²) in [7, 11) is 0. The number of rotatable bonds is 2. The Hall–Kier alpha value is -1.64. The smallest absolute Gasteiger partial charge is 0.0380 e. The lowest BCUT2D eigenvalue weighted by Crippen LogP contribution is -1.91. The van der Waals surface area contributed by atoms with Crippen molar-refractivity contribution in [3.8, 4) is 0 Å². The van der Waals surface area contributed by atoms with E-state index in [-0.39, 0.29) is 0 Å². The van der Waals surface area contributed by atoms with Gasteiger partial charge in [0.25, 0.3) is 0 Å². The molecule has 23 heavy (non-hydrogen) atoms. The summed E-state index contributed by atoms with van der Waals surface area (Å²) in [4.78, 5) is 2.94. The number of hydrogen-bond donors (Lipinski definition) is 0. The first-order chi connectivity index (χ1) is 11.1. The van der Waals surface area contributed by atoms with E-state index in [4.69, 9.17) is 0 Å². The zero-order valence-corrected chi connectivity index (χ0v) is 15.6. The highest BCUT2D eigenvalue weighted by atomic mass is 32.1. The lowest BCUT2D eigenvalue weighted by molar-refractivity contribution is 1.19. The Morgan fingerprint density at radius 1 is 0.739 bits per heavy atom. The van der Waals surface area contributed by atoms with Crippen molar-refractivity contribution in [2.75, 3.05) is 0 Å². The number of benzene rings is 2. The fourth-order valence-corrected chi connectivity index (χ4v) is 5.76. The van der Waals surface area contributed by atoms with Crippen molar-refractivity contribution in [3.05, 3.63) is 68.4 Å². The first-order valence-electron chi connectivity index (χ1n) is 8.01. The van der Waals surface area contributed by atoms with Crippen molar-refractivity contribution in [3.63, 3.8) is 0 Å². The minimum atomic E-state index is 1.04. The van der Waals surface area contributed by atoms with Gasteiger partial charge < -0.3 is 0 Å². The Labute approximate surface area is 145 Å². The van der Waals surface area contributed by atoms with Gasteiger partial charge in [-0.3, -0.25) is 0 Å². The topological polar surface area (TPSA) is 0 Å². The molecule has 0 bridgehead atoms. The Kier molecular flexibility index (Phi) is 3.55. The third-order valence-electron chi connectivity index (χ3n) is 5.00. The normalized spacial score (nSPS) is 11.7. The Morgan fingerprint density at radius 3 is 2.30 bits per heavy atom. The Bertz CT molecular complexity index is 1030. The number of thiophene rings is 2. The molecule has 0 N–H and O–H groups in total. The third-order valence-corrected chi connectivity index (χ3v) is 7.61. The van der Waals surface area contributed by atoms with Crippen LogP contribution < -0.4 is 0 Å². The first-order valence-corrected chi connectivity index (χ1v) is 9.64. The lowest BCUT2D eigenvalue weighted by Gasteiger charge is -2.07. The van der Waals surface area contributed by atoms with Crippen LogP contribution >= 0.6 is 22.7 Å². The second-order valence-electron chi connectivity index (χ2n) is 6.33. The molecule has 0 fully saturated rings. The summed E-state index contributed by atoms with van der Waals surface area (Å²) in [6.45, 7) is 9.02. The summed E-state index contributed by atoms with van der Waals surface area (Å²) in [6.07, 6.45) is 1.04. The zero-order chi connectivity index (χ0) is 16.1. The van der Waals surface area contributed by atoms with E-state index in [1.807, 2.05) is 22.7 Å². The van der Waals surface area contributed by atoms with Crippen LogP contribution in [0.1, 0.15) is 32.0 Å². The summed E-state index contributed by atoms with van der Waals surface area (Å²) in [6, 6.07) is 13.4. The van der Waals surface area contributed by atoms with Gasteiger partial charge in [-0.15, -0.1) is 22.7 Å². The molecular formula is C21H20S2. The molecule has 0 aliphatic carbocycles. The molecule has 2 heteroatoms. The molecule has 0 aliphatic rings. The predicted octanol–water partition coefficient (Wildman–Crippen LogP) is 6.94. The molecular weight excluding hydrogens is 316 g/mol. The number of hydrogen-bond acceptors (Lipinski definition) is 2. The van der Waals surface area contributed by atoms with Gasteiger partial charge in [0.05, 0.1) is 0 Å². The van der Waals surface area contributed by atoms with Crippen LogP contribution in [0.15, 0.2) is 36.4 Å². The van der Waals surface area contributed by atoms with E-state index in [0.717, 1.165) is 6.42 Å². The van der Waals surface area contributed by atoms with E-state index >= 15 is 0 Å². The second-order valence-corrected chi connectivity index (χ2v) is 8.69. The van der Waals surface area contributed by atoms with Gasteiger partial charge in [0, 0.05) is 25.6 Å². The van der Waals surface area contributed by atoms with E-state index in [1.54, 1.807) is 0 Å². The highest BCUT2D eigenvalue weighted by molar-refractivity contribution is 7.19. The predicted molar refractivity (Wildman–Crippen MR) is 105 cm³/mol. The molecule has 0 atom stereocenters. The molecule has 0 saturated heterocycles. The van der Waals surface area contributed by atoms with Gasteiger partial charge in [-0.1, -0.05) is 30.3 Å². The van der Waals surface area contributed by atoms with Gasteiger partial charge in [-0.25, -0.2) is 0 Å². The van der Waals surface area contributed by atoms with Crippen molar-refractivity contribution < 1.29 is 0 Å². The second kappa shape index (κ2) is 5.47. The minimum absolute atomic E-state index is 1.04. The SMILES string of the molecule is Cc1sc2c(C)c(Cc3sc4ccccc4c3C)ccc2c1C. The van der Waals surface area contributed by atoms with Crippen molar-refractivity contribution in [1.29, 1.82) is 0 Å². The minimum Gasteiger partial charge on any atom is -0.140 e. The summed E-state index contributed by atoms with van der Waals surface area (Å²) in [5, 5.41) is 2.84. The van der Waals surface area contributed by atoms with Crippen LogP contribution in [0.2, 0.25) is 0 Å². The van der Waals surface area contributed by atoms with Crippen LogP contribution in [-0.2, 0) is 6.42 Å². The molecule has 0 aliphatic heterocycles. The molecule has 2 heterocycles. The molecule has 0 spiro atoms. The third kappa shape index (κ3) is 2.32. The molecule has 0 nitrogen and oxygen atoms in total. The van der Waals surface area contributed by atoms with Crippen molar-refractivity contribution in [2.24, 2.45) is 0 Å². The molecule has 0 unspecified atom stereocenters. The van der Waals surface area contributed by atoms with E-state index in [1.165, 1.54) is 52.2 Å². The molecule has 0 amide bonds. The summed E-state index contributed by atoms with van der Waals surface area (Å²) < 4.78 is 2.87. The standard InChI is InChI=1S/C21H20S2/c1-12-15(4)22-21-13(2)16(9-10-18(12)21)11-20-14(3)17-7-5-6-8-19(17)23-20/h5-10H,11H2,1-4H3. The molecule has 4 rings (SSSR count). The van der Waals surface area contributed by atoms with E-state index < -0.39 is 0 Å². The van der Waals surface area contributed by atoms with Gasteiger partial charge in [0.2, 0.25) is 0 Å². The average molecular weight is 337 g/mol. The fourth-order valence-electron chi connectivity index (χ4n) is 3.34. The zero-order valence-electron chi connectivity index (χ0n) is 14.0. The maximum Gasteiger partial charge on any atom is 0.0380 e. The Morgan fingerprint density at radius 2 is 1.52 bits per heavy atom. The van der Waals surface area contributed by atoms with Gasteiger partial charge in [0.1, 0.15) is 0 Å². The quantitative estimate of drug-likeness (QED) is 0.372. The molecule has 0 saturated carbocycles. The lowest BCUT2D eigenvalue weighted by atomic mass is 9.99. The van der Waals surface area contributed by atoms with Gasteiger partial charge in [-0.2, -0.15) is 0 Å². The summed E-state index contributed by atoms with van der Waals surface area (Å²) >= 11 is 3.89. The molecule has 2 aromatic carbocycles. The highest BCUT2D eigenvalue weighted by Crippen LogP contribution is 2.37. The van der Waals surface area contributed by atoms with Gasteiger partial charge in [0.15, 0.2) is 0 Å². The van der Waals surface area contributed by atoms with Crippen LogP contribution in [-0.4, -0.2) is 0 Å². The van der Waals surface area contributed by atoms with Crippen molar-refractivity contribution in [1.82, 2.24) is 0 Å². The van der Waals surface area contributed by atoms with Gasteiger partial charge in [-0.05, 0) is 66.8 Å². The van der Waals surface area contributed by atoms with Crippen molar-refractivity contribution >= 4 is 42.8 Å². The van der Waals surface area contributed by atoms with Crippen LogP contribution in [0.3, 0.4) is 0 Å². The fraction of sp³-hybridized carbons (Fsp3) is 0.238. The molecule has 116 valence electrons. The van der Waals surface area contributed by atoms with E-state index in [2.05, 4.69) is 64.1 Å². The van der Waals surface area contributed by atoms with Gasteiger partial charge >= 0.3 is 0 Å². The number of fused-ring (bicyclic) bond motifs is 2. The monoisotopic (exact) mass is 336 g/mol. The van der Waals surface area contributed by atoms with Crippen molar-refractivity contribution in [2.45, 2.75) is 34.1 Å². The van der Waals surface area contributed by atoms with Crippen LogP contribution in [0.5, 0.6) is 0 Å². The Balaban J connectivity index is 1.83. The molecule has 4 aromatic rings. The maximum atomic E-state index is 2.33. The van der Waals surface area contributed by atoms with E-state index in [0.29, 0.717) is 0 Å². The average Bonchev–Trinajstić information content (AvgIpc) is 3.02. The largest absolute Gasteiger partial charge is 0.140 e. The number of aryl methyl sites for hydroxylation is 4. The summed E-state index contributed by atoms with van der Waals surface area (Å²) in [5.41, 5.74) is 5.82. The van der Waals surface area contributed by atoms with E-state index in [9.17, 15) is 0 Å². The maximum absolute atomic E-state index is 2.33. The highest BCUT2D eigenvalue weighted by Gasteiger charge is 2.13. The van der Waals surface area contributed by atoms with Crippen LogP contribution in [0.4, 0.5) is 0 Å². The van der Waals surface area contributed by atoms with Crippen LogP contribution in [0.25, 0.3) is 20.2 Å².